The number of H-pyrrole nitrogens is 1. The Morgan fingerprint density at radius 3 is 2.88 bits per heavy atom. The molecule has 0 aliphatic carbocycles. The maximum absolute atomic E-state index is 14.8. The number of anilines is 2. The minimum atomic E-state index is -0.488. The number of nitrogens with one attached hydrogen (secondary N) is 3. The van der Waals surface area contributed by atoms with Crippen molar-refractivity contribution in [2.24, 2.45) is 0 Å². The summed E-state index contributed by atoms with van der Waals surface area (Å²) in [5, 5.41) is 6.68. The molecule has 1 atom stereocenters. The molecule has 0 saturated carbocycles. The summed E-state index contributed by atoms with van der Waals surface area (Å²) in [4.78, 5) is 22.3. The Bertz CT molecular complexity index is 1150. The van der Waals surface area contributed by atoms with Crippen LogP contribution in [0.5, 0.6) is 5.75 Å². The van der Waals surface area contributed by atoms with Gasteiger partial charge in [-0.1, -0.05) is 17.7 Å². The van der Waals surface area contributed by atoms with Gasteiger partial charge in [-0.3, -0.25) is 9.78 Å². The Morgan fingerprint density at radius 1 is 1.34 bits per heavy atom. The number of rotatable bonds is 7. The quantitative estimate of drug-likeness (QED) is 0.490. The van der Waals surface area contributed by atoms with Gasteiger partial charge < -0.3 is 25.3 Å². The van der Waals surface area contributed by atoms with E-state index < -0.39 is 5.82 Å². The van der Waals surface area contributed by atoms with Crippen molar-refractivity contribution >= 4 is 28.9 Å². The first-order chi connectivity index (χ1) is 15.4. The number of carbonyl (C=O) groups is 1. The second-order valence-corrected chi connectivity index (χ2v) is 8.37. The van der Waals surface area contributed by atoms with Gasteiger partial charge in [-0.25, -0.2) is 4.39 Å². The molecule has 3 aromatic rings. The highest BCUT2D eigenvalue weighted by atomic mass is 35.5. The van der Waals surface area contributed by atoms with Crippen LogP contribution in [0.3, 0.4) is 0 Å². The van der Waals surface area contributed by atoms with Crippen LogP contribution in [0.25, 0.3) is 11.3 Å². The summed E-state index contributed by atoms with van der Waals surface area (Å²) < 4.78 is 20.2. The van der Waals surface area contributed by atoms with E-state index in [1.165, 1.54) is 13.3 Å². The van der Waals surface area contributed by atoms with Crippen molar-refractivity contribution in [2.75, 3.05) is 39.6 Å². The van der Waals surface area contributed by atoms with E-state index in [9.17, 15) is 9.18 Å². The molecule has 1 aromatic carbocycles. The molecule has 3 heterocycles. The number of fused-ring (bicyclic) bond motifs is 1. The zero-order valence-corrected chi connectivity index (χ0v) is 18.9. The van der Waals surface area contributed by atoms with E-state index in [0.717, 1.165) is 24.9 Å². The van der Waals surface area contributed by atoms with Crippen molar-refractivity contribution in [1.82, 2.24) is 20.2 Å². The standard InChI is InChI=1S/C23H25ClFN5O2/c1-30(2)10-8-13-11-27-23(31)18-19(13)29-20(14-7-9-26-12-16(14)25)21(18)28-17-6-4-5-15(24)22(17)32-3/h4-7,9,12-13,28-29H,8,10-11H2,1-3H3,(H,27,31)/t13-/m0/s1. The van der Waals surface area contributed by atoms with Gasteiger partial charge in [0.1, 0.15) is 0 Å². The normalized spacial score (nSPS) is 15.4. The molecule has 4 rings (SSSR count). The molecule has 32 heavy (non-hydrogen) atoms. The molecule has 0 unspecified atom stereocenters. The number of carbonyl (C=O) groups excluding carboxylic acids is 1. The number of ether oxygens (including phenoxy) is 1. The van der Waals surface area contributed by atoms with Crippen LogP contribution >= 0.6 is 11.6 Å². The Kier molecular flexibility index (Phi) is 6.34. The minimum absolute atomic E-state index is 0.0607. The summed E-state index contributed by atoms with van der Waals surface area (Å²) in [7, 11) is 5.53. The lowest BCUT2D eigenvalue weighted by molar-refractivity contribution is 0.0939. The fourth-order valence-electron chi connectivity index (χ4n) is 3.98. The van der Waals surface area contributed by atoms with Crippen LogP contribution in [0.2, 0.25) is 5.02 Å². The summed E-state index contributed by atoms with van der Waals surface area (Å²) in [6, 6.07) is 6.87. The van der Waals surface area contributed by atoms with Gasteiger partial charge in [-0.2, -0.15) is 0 Å². The summed E-state index contributed by atoms with van der Waals surface area (Å²) in [6.45, 7) is 1.36. The van der Waals surface area contributed by atoms with E-state index >= 15 is 0 Å². The zero-order valence-electron chi connectivity index (χ0n) is 18.1. The molecule has 3 N–H and O–H groups in total. The predicted molar refractivity (Wildman–Crippen MR) is 124 cm³/mol. The first-order valence-electron chi connectivity index (χ1n) is 10.3. The lowest BCUT2D eigenvalue weighted by Crippen LogP contribution is -2.36. The maximum atomic E-state index is 14.8. The van der Waals surface area contributed by atoms with Gasteiger partial charge in [0.15, 0.2) is 11.6 Å². The second-order valence-electron chi connectivity index (χ2n) is 7.96. The number of nitrogens with zero attached hydrogens (tertiary/aromatic N) is 2. The highest BCUT2D eigenvalue weighted by Gasteiger charge is 2.33. The third-order valence-electron chi connectivity index (χ3n) is 5.57. The van der Waals surface area contributed by atoms with E-state index in [4.69, 9.17) is 16.3 Å². The highest BCUT2D eigenvalue weighted by molar-refractivity contribution is 6.32. The number of benzene rings is 1. The van der Waals surface area contributed by atoms with Crippen molar-refractivity contribution in [1.29, 1.82) is 0 Å². The third kappa shape index (κ3) is 4.16. The smallest absolute Gasteiger partial charge is 0.255 e. The van der Waals surface area contributed by atoms with Crippen LogP contribution in [0.1, 0.15) is 28.4 Å². The maximum Gasteiger partial charge on any atom is 0.255 e. The Balaban J connectivity index is 1.89. The molecule has 0 saturated heterocycles. The van der Waals surface area contributed by atoms with Crippen molar-refractivity contribution in [3.63, 3.8) is 0 Å². The molecular formula is C23H25ClFN5O2. The first kappa shape index (κ1) is 22.1. The average molecular weight is 458 g/mol. The van der Waals surface area contributed by atoms with Gasteiger partial charge in [0.05, 0.1) is 41.0 Å². The summed E-state index contributed by atoms with van der Waals surface area (Å²) in [6.07, 6.45) is 3.51. The molecule has 1 amide bonds. The monoisotopic (exact) mass is 457 g/mol. The van der Waals surface area contributed by atoms with Gasteiger partial charge in [-0.15, -0.1) is 0 Å². The van der Waals surface area contributed by atoms with Crippen LogP contribution in [0.15, 0.2) is 36.7 Å². The number of pyridine rings is 1. The Hall–Kier alpha value is -3.10. The molecule has 0 fully saturated rings. The van der Waals surface area contributed by atoms with Gasteiger partial charge in [0, 0.05) is 29.9 Å². The molecule has 0 spiro atoms. The topological polar surface area (TPSA) is 82.3 Å². The van der Waals surface area contributed by atoms with Crippen LogP contribution < -0.4 is 15.4 Å². The molecular weight excluding hydrogens is 433 g/mol. The van der Waals surface area contributed by atoms with Crippen molar-refractivity contribution in [2.45, 2.75) is 12.3 Å². The van der Waals surface area contributed by atoms with Gasteiger partial charge in [-0.05, 0) is 45.3 Å². The Labute approximate surface area is 190 Å². The second kappa shape index (κ2) is 9.18. The molecule has 7 nitrogen and oxygen atoms in total. The lowest BCUT2D eigenvalue weighted by Gasteiger charge is -2.25. The molecule has 1 aliphatic heterocycles. The van der Waals surface area contributed by atoms with Crippen molar-refractivity contribution in [3.8, 4) is 17.0 Å². The van der Waals surface area contributed by atoms with Gasteiger partial charge in [0.25, 0.3) is 5.91 Å². The number of aromatic amines is 1. The summed E-state index contributed by atoms with van der Waals surface area (Å²) in [5.41, 5.74) is 3.08. The van der Waals surface area contributed by atoms with E-state index in [1.807, 2.05) is 14.1 Å². The van der Waals surface area contributed by atoms with Crippen molar-refractivity contribution in [3.05, 3.63) is 58.8 Å². The number of hydrogen-bond donors (Lipinski definition) is 3. The number of amides is 1. The molecule has 168 valence electrons. The van der Waals surface area contributed by atoms with Crippen LogP contribution in [0.4, 0.5) is 15.8 Å². The number of halogens is 2. The van der Waals surface area contributed by atoms with E-state index in [-0.39, 0.29) is 11.8 Å². The Morgan fingerprint density at radius 2 is 2.16 bits per heavy atom. The van der Waals surface area contributed by atoms with Crippen LogP contribution in [0, 0.1) is 5.82 Å². The van der Waals surface area contributed by atoms with Crippen LogP contribution in [-0.4, -0.2) is 55.1 Å². The zero-order chi connectivity index (χ0) is 22.8. The molecule has 0 radical (unpaired) electrons. The third-order valence-corrected chi connectivity index (χ3v) is 5.87. The van der Waals surface area contributed by atoms with E-state index in [1.54, 1.807) is 24.3 Å². The van der Waals surface area contributed by atoms with Gasteiger partial charge in [0.2, 0.25) is 0 Å². The predicted octanol–water partition coefficient (Wildman–Crippen LogP) is 4.40. The number of para-hydroxylation sites is 1. The fraction of sp³-hybridized carbons (Fsp3) is 0.304. The SMILES string of the molecule is COc1c(Cl)cccc1Nc1c(-c2ccncc2F)[nH]c2c1C(=O)NC[C@@H]2CCN(C)C. The number of methoxy groups -OCH3 is 1. The summed E-state index contributed by atoms with van der Waals surface area (Å²) in [5.74, 6) is -0.213. The van der Waals surface area contributed by atoms with E-state index in [2.05, 4.69) is 25.5 Å². The lowest BCUT2D eigenvalue weighted by atomic mass is 9.93. The highest BCUT2D eigenvalue weighted by Crippen LogP contribution is 2.43. The number of aromatic nitrogens is 2. The molecule has 0 bridgehead atoms. The van der Waals surface area contributed by atoms with E-state index in [0.29, 0.717) is 45.5 Å². The van der Waals surface area contributed by atoms with Crippen LogP contribution in [-0.2, 0) is 0 Å². The average Bonchev–Trinajstić information content (AvgIpc) is 3.13. The largest absolute Gasteiger partial charge is 0.493 e. The number of hydrogen-bond acceptors (Lipinski definition) is 5. The molecule has 9 heteroatoms. The minimum Gasteiger partial charge on any atom is -0.493 e. The molecule has 2 aromatic heterocycles. The molecule has 1 aliphatic rings. The fourth-order valence-corrected chi connectivity index (χ4v) is 4.23. The van der Waals surface area contributed by atoms with Crippen molar-refractivity contribution < 1.29 is 13.9 Å². The first-order valence-corrected chi connectivity index (χ1v) is 10.7. The summed E-state index contributed by atoms with van der Waals surface area (Å²) >= 11 is 6.29. The van der Waals surface area contributed by atoms with Gasteiger partial charge >= 0.3 is 0 Å².